The third-order valence-electron chi connectivity index (χ3n) is 4.88. The van der Waals surface area contributed by atoms with Crippen molar-refractivity contribution in [2.45, 2.75) is 58.3 Å². The summed E-state index contributed by atoms with van der Waals surface area (Å²) >= 11 is 0. The number of nitrogens with one attached hydrogen (secondary N) is 2. The van der Waals surface area contributed by atoms with Crippen molar-refractivity contribution in [3.63, 3.8) is 0 Å². The molecular formula is C21H33N3O3. The van der Waals surface area contributed by atoms with Crippen molar-refractivity contribution in [3.8, 4) is 0 Å². The van der Waals surface area contributed by atoms with Crippen LogP contribution in [0.5, 0.6) is 0 Å². The van der Waals surface area contributed by atoms with Crippen LogP contribution >= 0.6 is 0 Å². The SMILES string of the molecule is CC1CN(C(C)(C)CNC(=O)CCNC(=O)Cc2ccccc2)CC(C)O1. The molecular weight excluding hydrogens is 342 g/mol. The van der Waals surface area contributed by atoms with Crippen LogP contribution in [0.15, 0.2) is 30.3 Å². The molecule has 1 heterocycles. The van der Waals surface area contributed by atoms with Gasteiger partial charge in [0.05, 0.1) is 18.6 Å². The largest absolute Gasteiger partial charge is 0.373 e. The van der Waals surface area contributed by atoms with Crippen molar-refractivity contribution >= 4 is 11.8 Å². The van der Waals surface area contributed by atoms with Crippen molar-refractivity contribution in [2.75, 3.05) is 26.2 Å². The van der Waals surface area contributed by atoms with Gasteiger partial charge in [0.2, 0.25) is 11.8 Å². The summed E-state index contributed by atoms with van der Waals surface area (Å²) in [6.07, 6.45) is 1.02. The van der Waals surface area contributed by atoms with Gasteiger partial charge in [-0.3, -0.25) is 14.5 Å². The summed E-state index contributed by atoms with van der Waals surface area (Å²) in [6, 6.07) is 9.58. The predicted molar refractivity (Wildman–Crippen MR) is 106 cm³/mol. The lowest BCUT2D eigenvalue weighted by Gasteiger charge is -2.45. The van der Waals surface area contributed by atoms with E-state index in [0.717, 1.165) is 18.7 Å². The van der Waals surface area contributed by atoms with Gasteiger partial charge in [-0.15, -0.1) is 0 Å². The predicted octanol–water partition coefficient (Wildman–Crippen LogP) is 1.74. The minimum absolute atomic E-state index is 0.0440. The summed E-state index contributed by atoms with van der Waals surface area (Å²) in [4.78, 5) is 26.4. The Morgan fingerprint density at radius 2 is 1.70 bits per heavy atom. The van der Waals surface area contributed by atoms with Gasteiger partial charge in [-0.1, -0.05) is 30.3 Å². The van der Waals surface area contributed by atoms with Crippen molar-refractivity contribution in [3.05, 3.63) is 35.9 Å². The van der Waals surface area contributed by atoms with Crippen LogP contribution in [0.25, 0.3) is 0 Å². The lowest BCUT2D eigenvalue weighted by molar-refractivity contribution is -0.123. The van der Waals surface area contributed by atoms with Gasteiger partial charge in [0.25, 0.3) is 0 Å². The number of amides is 2. The highest BCUT2D eigenvalue weighted by Gasteiger charge is 2.33. The van der Waals surface area contributed by atoms with Gasteiger partial charge < -0.3 is 15.4 Å². The Labute approximate surface area is 162 Å². The minimum Gasteiger partial charge on any atom is -0.373 e. The molecule has 0 aromatic heterocycles. The third kappa shape index (κ3) is 7.31. The number of hydrogen-bond acceptors (Lipinski definition) is 4. The Morgan fingerprint density at radius 1 is 1.07 bits per heavy atom. The standard InChI is InChI=1S/C21H33N3O3/c1-16-13-24(14-17(2)27-16)21(3,4)15-23-19(25)10-11-22-20(26)12-18-8-6-5-7-9-18/h5-9,16-17H,10-15H2,1-4H3,(H,22,26)(H,23,25). The van der Waals surface area contributed by atoms with Gasteiger partial charge in [0.1, 0.15) is 0 Å². The Kier molecular flexibility index (Phi) is 7.80. The lowest BCUT2D eigenvalue weighted by atomic mass is 10.00. The number of rotatable bonds is 8. The van der Waals surface area contributed by atoms with Crippen LogP contribution in [-0.2, 0) is 20.7 Å². The summed E-state index contributed by atoms with van der Waals surface area (Å²) in [5.41, 5.74) is 0.827. The van der Waals surface area contributed by atoms with Gasteiger partial charge in [-0.25, -0.2) is 0 Å². The first kappa shape index (κ1) is 21.4. The molecule has 0 radical (unpaired) electrons. The van der Waals surface area contributed by atoms with Crippen LogP contribution < -0.4 is 10.6 Å². The molecule has 0 spiro atoms. The number of benzene rings is 1. The molecule has 2 unspecified atom stereocenters. The molecule has 6 nitrogen and oxygen atoms in total. The zero-order chi connectivity index (χ0) is 19.9. The van der Waals surface area contributed by atoms with Crippen LogP contribution in [0.3, 0.4) is 0 Å². The molecule has 6 heteroatoms. The van der Waals surface area contributed by atoms with Gasteiger partial charge in [0.15, 0.2) is 0 Å². The molecule has 2 atom stereocenters. The van der Waals surface area contributed by atoms with Crippen molar-refractivity contribution in [1.29, 1.82) is 0 Å². The van der Waals surface area contributed by atoms with Gasteiger partial charge in [0, 0.05) is 38.1 Å². The number of morpholine rings is 1. The highest BCUT2D eigenvalue weighted by atomic mass is 16.5. The van der Waals surface area contributed by atoms with E-state index >= 15 is 0 Å². The molecule has 1 fully saturated rings. The zero-order valence-corrected chi connectivity index (χ0v) is 17.0. The second-order valence-corrected chi connectivity index (χ2v) is 8.01. The van der Waals surface area contributed by atoms with Gasteiger partial charge >= 0.3 is 0 Å². The molecule has 2 rings (SSSR count). The number of carbonyl (C=O) groups excluding carboxylic acids is 2. The molecule has 0 aliphatic carbocycles. The van der Waals surface area contributed by atoms with Crippen molar-refractivity contribution < 1.29 is 14.3 Å². The van der Waals surface area contributed by atoms with Crippen LogP contribution in [0.4, 0.5) is 0 Å². The molecule has 0 saturated carbocycles. The average Bonchev–Trinajstić information content (AvgIpc) is 2.60. The van der Waals surface area contributed by atoms with E-state index in [4.69, 9.17) is 4.74 Å². The molecule has 1 aromatic carbocycles. The maximum absolute atomic E-state index is 12.1. The fourth-order valence-corrected chi connectivity index (χ4v) is 3.35. The Balaban J connectivity index is 1.67. The van der Waals surface area contributed by atoms with Crippen molar-refractivity contribution in [1.82, 2.24) is 15.5 Å². The average molecular weight is 376 g/mol. The highest BCUT2D eigenvalue weighted by Crippen LogP contribution is 2.20. The van der Waals surface area contributed by atoms with Crippen LogP contribution in [0, 0.1) is 0 Å². The summed E-state index contributed by atoms with van der Waals surface area (Å²) in [7, 11) is 0. The lowest BCUT2D eigenvalue weighted by Crippen LogP contribution is -2.58. The van der Waals surface area contributed by atoms with Crippen LogP contribution in [0.2, 0.25) is 0 Å². The zero-order valence-electron chi connectivity index (χ0n) is 17.0. The Bertz CT molecular complexity index is 608. The number of hydrogen-bond donors (Lipinski definition) is 2. The highest BCUT2D eigenvalue weighted by molar-refractivity contribution is 5.80. The molecule has 2 N–H and O–H groups in total. The first-order valence-electron chi connectivity index (χ1n) is 9.74. The van der Waals surface area contributed by atoms with Crippen molar-refractivity contribution in [2.24, 2.45) is 0 Å². The normalized spacial score (nSPS) is 20.9. The van der Waals surface area contributed by atoms with Gasteiger partial charge in [-0.2, -0.15) is 0 Å². The van der Waals surface area contributed by atoms with E-state index in [1.54, 1.807) is 0 Å². The topological polar surface area (TPSA) is 70.7 Å². The first-order valence-corrected chi connectivity index (χ1v) is 9.74. The molecule has 1 aromatic rings. The fraction of sp³-hybridized carbons (Fsp3) is 0.619. The third-order valence-corrected chi connectivity index (χ3v) is 4.88. The summed E-state index contributed by atoms with van der Waals surface area (Å²) in [5.74, 6) is -0.108. The Morgan fingerprint density at radius 3 is 2.33 bits per heavy atom. The quantitative estimate of drug-likeness (QED) is 0.726. The molecule has 27 heavy (non-hydrogen) atoms. The monoisotopic (exact) mass is 375 g/mol. The second-order valence-electron chi connectivity index (χ2n) is 8.01. The maximum Gasteiger partial charge on any atom is 0.224 e. The molecule has 1 aliphatic rings. The van der Waals surface area contributed by atoms with Crippen LogP contribution in [0.1, 0.15) is 39.7 Å². The minimum atomic E-state index is -0.140. The van der Waals surface area contributed by atoms with E-state index < -0.39 is 0 Å². The maximum atomic E-state index is 12.1. The van der Waals surface area contributed by atoms with E-state index in [2.05, 4.69) is 43.2 Å². The number of nitrogens with zero attached hydrogens (tertiary/aromatic N) is 1. The molecule has 1 aliphatic heterocycles. The second kappa shape index (κ2) is 9.85. The van der Waals surface area contributed by atoms with Crippen LogP contribution in [-0.4, -0.2) is 60.6 Å². The van der Waals surface area contributed by atoms with Gasteiger partial charge in [-0.05, 0) is 33.3 Å². The fourth-order valence-electron chi connectivity index (χ4n) is 3.35. The summed E-state index contributed by atoms with van der Waals surface area (Å²) in [6.45, 7) is 11.1. The Hall–Kier alpha value is -1.92. The first-order chi connectivity index (χ1) is 12.8. The molecule has 1 saturated heterocycles. The molecule has 2 amide bonds. The molecule has 150 valence electrons. The van der Waals surface area contributed by atoms with E-state index in [9.17, 15) is 9.59 Å². The smallest absolute Gasteiger partial charge is 0.224 e. The van der Waals surface area contributed by atoms with E-state index in [1.165, 1.54) is 0 Å². The van der Waals surface area contributed by atoms with E-state index in [1.807, 2.05) is 30.3 Å². The van der Waals surface area contributed by atoms with E-state index in [0.29, 0.717) is 19.5 Å². The summed E-state index contributed by atoms with van der Waals surface area (Å²) < 4.78 is 5.79. The summed E-state index contributed by atoms with van der Waals surface area (Å²) in [5, 5.41) is 5.81. The number of carbonyl (C=O) groups is 2. The van der Waals surface area contributed by atoms with E-state index in [-0.39, 0.29) is 36.0 Å². The molecule has 0 bridgehead atoms. The number of ether oxygens (including phenoxy) is 1.